The van der Waals surface area contributed by atoms with Crippen molar-refractivity contribution in [1.82, 2.24) is 15.2 Å². The lowest BCUT2D eigenvalue weighted by molar-refractivity contribution is -0.121. The van der Waals surface area contributed by atoms with Crippen LogP contribution in [0.25, 0.3) is 0 Å². The maximum Gasteiger partial charge on any atom is 0.272 e. The molecule has 1 saturated heterocycles. The van der Waals surface area contributed by atoms with E-state index in [-0.39, 0.29) is 11.8 Å². The Bertz CT molecular complexity index is 857. The number of benzene rings is 1. The molecule has 30 heavy (non-hydrogen) atoms. The van der Waals surface area contributed by atoms with Gasteiger partial charge in [0.1, 0.15) is 17.2 Å². The molecular formula is C23H29N3O4. The van der Waals surface area contributed by atoms with Crippen molar-refractivity contribution in [3.05, 3.63) is 53.9 Å². The van der Waals surface area contributed by atoms with Gasteiger partial charge in [-0.2, -0.15) is 0 Å². The summed E-state index contributed by atoms with van der Waals surface area (Å²) in [5, 5.41) is 2.96. The van der Waals surface area contributed by atoms with E-state index in [1.54, 1.807) is 38.6 Å². The Morgan fingerprint density at radius 3 is 2.80 bits per heavy atom. The molecule has 1 aliphatic heterocycles. The molecular weight excluding hydrogens is 382 g/mol. The van der Waals surface area contributed by atoms with Crippen LogP contribution in [0.15, 0.2) is 42.6 Å². The lowest BCUT2D eigenvalue weighted by atomic mass is 9.93. The average Bonchev–Trinajstić information content (AvgIpc) is 2.81. The van der Waals surface area contributed by atoms with E-state index in [1.165, 1.54) is 0 Å². The van der Waals surface area contributed by atoms with Gasteiger partial charge in [-0.3, -0.25) is 14.6 Å². The van der Waals surface area contributed by atoms with Crippen LogP contribution in [0.4, 0.5) is 0 Å². The molecule has 0 bridgehead atoms. The fourth-order valence-corrected chi connectivity index (χ4v) is 3.75. The number of carbonyl (C=O) groups excluding carboxylic acids is 2. The van der Waals surface area contributed by atoms with Crippen LogP contribution < -0.4 is 14.8 Å². The molecule has 2 amide bonds. The molecule has 7 nitrogen and oxygen atoms in total. The SMILES string of the molecule is COc1ccc(CNC(=O)CC[C@H]2CCCN(C(=O)c3ccccn3)C2)c(OC)c1. The zero-order chi connectivity index (χ0) is 21.3. The smallest absolute Gasteiger partial charge is 0.272 e. The Morgan fingerprint density at radius 1 is 1.20 bits per heavy atom. The normalized spacial score (nSPS) is 16.1. The van der Waals surface area contributed by atoms with Crippen molar-refractivity contribution in [1.29, 1.82) is 0 Å². The van der Waals surface area contributed by atoms with E-state index in [2.05, 4.69) is 10.3 Å². The van der Waals surface area contributed by atoms with Crippen LogP contribution >= 0.6 is 0 Å². The lowest BCUT2D eigenvalue weighted by Crippen LogP contribution is -2.40. The maximum absolute atomic E-state index is 12.6. The molecule has 1 aromatic carbocycles. The summed E-state index contributed by atoms with van der Waals surface area (Å²) in [4.78, 5) is 31.0. The Balaban J connectivity index is 1.46. The highest BCUT2D eigenvalue weighted by Crippen LogP contribution is 2.25. The van der Waals surface area contributed by atoms with Gasteiger partial charge in [-0.15, -0.1) is 0 Å². The molecule has 3 rings (SSSR count). The molecule has 2 heterocycles. The van der Waals surface area contributed by atoms with Crippen molar-refractivity contribution in [3.63, 3.8) is 0 Å². The molecule has 0 aliphatic carbocycles. The number of ether oxygens (including phenoxy) is 2. The van der Waals surface area contributed by atoms with E-state index < -0.39 is 0 Å². The van der Waals surface area contributed by atoms with Gasteiger partial charge in [0.05, 0.1) is 14.2 Å². The van der Waals surface area contributed by atoms with Crippen molar-refractivity contribution in [2.45, 2.75) is 32.2 Å². The molecule has 7 heteroatoms. The zero-order valence-electron chi connectivity index (χ0n) is 17.6. The van der Waals surface area contributed by atoms with Gasteiger partial charge in [0.2, 0.25) is 5.91 Å². The Morgan fingerprint density at radius 2 is 2.07 bits per heavy atom. The second-order valence-corrected chi connectivity index (χ2v) is 7.47. The number of hydrogen-bond acceptors (Lipinski definition) is 5. The molecule has 1 aromatic heterocycles. The van der Waals surface area contributed by atoms with E-state index in [9.17, 15) is 9.59 Å². The number of pyridine rings is 1. The van der Waals surface area contributed by atoms with Gasteiger partial charge in [-0.05, 0) is 49.4 Å². The Kier molecular flexibility index (Phi) is 7.65. The summed E-state index contributed by atoms with van der Waals surface area (Å²) in [7, 11) is 3.20. The van der Waals surface area contributed by atoms with E-state index in [0.717, 1.165) is 31.4 Å². The summed E-state index contributed by atoms with van der Waals surface area (Å²) in [6.07, 6.45) is 4.82. The van der Waals surface area contributed by atoms with Crippen molar-refractivity contribution < 1.29 is 19.1 Å². The van der Waals surface area contributed by atoms with Crippen LogP contribution in [0.1, 0.15) is 41.7 Å². The number of hydrogen-bond donors (Lipinski definition) is 1. The molecule has 2 aromatic rings. The van der Waals surface area contributed by atoms with Gasteiger partial charge in [0, 0.05) is 43.9 Å². The predicted molar refractivity (Wildman–Crippen MR) is 113 cm³/mol. The Hall–Kier alpha value is -3.09. The summed E-state index contributed by atoms with van der Waals surface area (Å²) in [5.74, 6) is 1.69. The number of carbonyl (C=O) groups is 2. The van der Waals surface area contributed by atoms with Gasteiger partial charge in [0.15, 0.2) is 0 Å². The molecule has 160 valence electrons. The molecule has 1 atom stereocenters. The highest BCUT2D eigenvalue weighted by Gasteiger charge is 2.25. The van der Waals surface area contributed by atoms with E-state index >= 15 is 0 Å². The average molecular weight is 412 g/mol. The van der Waals surface area contributed by atoms with Crippen molar-refractivity contribution in [2.24, 2.45) is 5.92 Å². The fraction of sp³-hybridized carbons (Fsp3) is 0.435. The third-order valence-electron chi connectivity index (χ3n) is 5.44. The number of piperidine rings is 1. The highest BCUT2D eigenvalue weighted by atomic mass is 16.5. The van der Waals surface area contributed by atoms with E-state index in [4.69, 9.17) is 9.47 Å². The summed E-state index contributed by atoms with van der Waals surface area (Å²) in [6.45, 7) is 1.82. The molecule has 1 aliphatic rings. The molecule has 0 saturated carbocycles. The zero-order valence-corrected chi connectivity index (χ0v) is 17.6. The third-order valence-corrected chi connectivity index (χ3v) is 5.44. The van der Waals surface area contributed by atoms with Crippen LogP contribution in [-0.2, 0) is 11.3 Å². The summed E-state index contributed by atoms with van der Waals surface area (Å²) in [6, 6.07) is 10.9. The van der Waals surface area contributed by atoms with Gasteiger partial charge in [0.25, 0.3) is 5.91 Å². The standard InChI is InChI=1S/C23H29N3O4/c1-29-19-10-9-18(21(14-19)30-2)15-25-22(27)11-8-17-6-5-13-26(16-17)23(28)20-7-3-4-12-24-20/h3-4,7,9-10,12,14,17H,5-6,8,11,13,15-16H2,1-2H3,(H,25,27)/t17-/m1/s1. The fourth-order valence-electron chi connectivity index (χ4n) is 3.75. The van der Waals surface area contributed by atoms with Gasteiger partial charge >= 0.3 is 0 Å². The monoisotopic (exact) mass is 411 g/mol. The van der Waals surface area contributed by atoms with Crippen LogP contribution in [0.3, 0.4) is 0 Å². The number of likely N-dealkylation sites (tertiary alicyclic amines) is 1. The molecule has 0 radical (unpaired) electrons. The van der Waals surface area contributed by atoms with Crippen LogP contribution in [0, 0.1) is 5.92 Å². The second-order valence-electron chi connectivity index (χ2n) is 7.47. The van der Waals surface area contributed by atoms with Gasteiger partial charge < -0.3 is 19.7 Å². The van der Waals surface area contributed by atoms with Crippen LogP contribution in [-0.4, -0.2) is 49.0 Å². The first-order valence-electron chi connectivity index (χ1n) is 10.3. The van der Waals surface area contributed by atoms with Crippen molar-refractivity contribution in [3.8, 4) is 11.5 Å². The summed E-state index contributed by atoms with van der Waals surface area (Å²) < 4.78 is 10.6. The number of amides is 2. The minimum absolute atomic E-state index is 0.000970. The first kappa shape index (κ1) is 21.6. The first-order chi connectivity index (χ1) is 14.6. The predicted octanol–water partition coefficient (Wildman–Crippen LogP) is 3.05. The van der Waals surface area contributed by atoms with Crippen molar-refractivity contribution in [2.75, 3.05) is 27.3 Å². The quantitative estimate of drug-likeness (QED) is 0.722. The van der Waals surface area contributed by atoms with Crippen LogP contribution in [0.2, 0.25) is 0 Å². The molecule has 1 fully saturated rings. The summed E-state index contributed by atoms with van der Waals surface area (Å²) >= 11 is 0. The number of rotatable bonds is 8. The minimum Gasteiger partial charge on any atom is -0.497 e. The summed E-state index contributed by atoms with van der Waals surface area (Å²) in [5.41, 5.74) is 1.38. The molecule has 0 spiro atoms. The van der Waals surface area contributed by atoms with E-state index in [0.29, 0.717) is 42.6 Å². The number of methoxy groups -OCH3 is 2. The number of nitrogens with zero attached hydrogens (tertiary/aromatic N) is 2. The largest absolute Gasteiger partial charge is 0.497 e. The second kappa shape index (κ2) is 10.6. The Labute approximate surface area is 177 Å². The van der Waals surface area contributed by atoms with Crippen LogP contribution in [0.5, 0.6) is 11.5 Å². The third kappa shape index (κ3) is 5.72. The van der Waals surface area contributed by atoms with E-state index in [1.807, 2.05) is 23.1 Å². The highest BCUT2D eigenvalue weighted by molar-refractivity contribution is 5.92. The molecule has 0 unspecified atom stereocenters. The number of nitrogens with one attached hydrogen (secondary N) is 1. The van der Waals surface area contributed by atoms with Gasteiger partial charge in [-0.25, -0.2) is 0 Å². The van der Waals surface area contributed by atoms with Gasteiger partial charge in [-0.1, -0.05) is 6.07 Å². The molecule has 1 N–H and O–H groups in total. The number of aromatic nitrogens is 1. The minimum atomic E-state index is -0.0312. The van der Waals surface area contributed by atoms with Crippen molar-refractivity contribution >= 4 is 11.8 Å². The first-order valence-corrected chi connectivity index (χ1v) is 10.3. The topological polar surface area (TPSA) is 80.8 Å². The maximum atomic E-state index is 12.6. The lowest BCUT2D eigenvalue weighted by Gasteiger charge is -2.32.